The molecule has 0 bridgehead atoms. The van der Waals surface area contributed by atoms with Crippen molar-refractivity contribution in [3.05, 3.63) is 48.6 Å². The summed E-state index contributed by atoms with van der Waals surface area (Å²) in [7, 11) is 0. The number of ether oxygens (including phenoxy) is 1. The smallest absolute Gasteiger partial charge is 0.416 e. The van der Waals surface area contributed by atoms with Gasteiger partial charge in [0.15, 0.2) is 0 Å². The van der Waals surface area contributed by atoms with Crippen LogP contribution < -0.4 is 0 Å². The van der Waals surface area contributed by atoms with Crippen molar-refractivity contribution in [3.8, 4) is 0 Å². The SMILES string of the molecule is C=C[C@H](CC)CCC(=O)N1C(=O)OC[C@@H]1Cc1ccccc1. The largest absolute Gasteiger partial charge is 0.447 e. The Kier molecular flexibility index (Phi) is 5.75. The number of amides is 2. The molecular weight excluding hydrogens is 278 g/mol. The lowest BCUT2D eigenvalue weighted by molar-refractivity contribution is -0.129. The number of nitrogens with zero attached hydrogens (tertiary/aromatic N) is 1. The van der Waals surface area contributed by atoms with Crippen molar-refractivity contribution < 1.29 is 14.3 Å². The number of carbonyl (C=O) groups is 2. The lowest BCUT2D eigenvalue weighted by Crippen LogP contribution is -2.40. The summed E-state index contributed by atoms with van der Waals surface area (Å²) < 4.78 is 5.08. The summed E-state index contributed by atoms with van der Waals surface area (Å²) in [5, 5.41) is 0. The number of rotatable bonds is 7. The molecule has 118 valence electrons. The van der Waals surface area contributed by atoms with Crippen molar-refractivity contribution >= 4 is 12.0 Å². The van der Waals surface area contributed by atoms with Crippen LogP contribution in [0.2, 0.25) is 0 Å². The van der Waals surface area contributed by atoms with Crippen LogP contribution in [-0.4, -0.2) is 29.5 Å². The van der Waals surface area contributed by atoms with E-state index in [1.807, 2.05) is 36.4 Å². The molecule has 1 saturated heterocycles. The van der Waals surface area contributed by atoms with Crippen LogP contribution in [0.25, 0.3) is 0 Å². The molecule has 0 saturated carbocycles. The third-order valence-corrected chi connectivity index (χ3v) is 4.13. The Morgan fingerprint density at radius 1 is 1.45 bits per heavy atom. The van der Waals surface area contributed by atoms with Gasteiger partial charge in [0.25, 0.3) is 0 Å². The Morgan fingerprint density at radius 2 is 2.18 bits per heavy atom. The lowest BCUT2D eigenvalue weighted by atomic mass is 9.99. The van der Waals surface area contributed by atoms with Gasteiger partial charge in [-0.05, 0) is 30.7 Å². The van der Waals surface area contributed by atoms with Crippen LogP contribution in [0.15, 0.2) is 43.0 Å². The molecule has 4 nitrogen and oxygen atoms in total. The van der Waals surface area contributed by atoms with Gasteiger partial charge in [-0.15, -0.1) is 6.58 Å². The van der Waals surface area contributed by atoms with Crippen molar-refractivity contribution in [2.45, 2.75) is 38.6 Å². The van der Waals surface area contributed by atoms with E-state index in [2.05, 4.69) is 13.5 Å². The fraction of sp³-hybridized carbons (Fsp3) is 0.444. The van der Waals surface area contributed by atoms with E-state index in [4.69, 9.17) is 4.74 Å². The number of hydrogen-bond donors (Lipinski definition) is 0. The van der Waals surface area contributed by atoms with Gasteiger partial charge in [0.05, 0.1) is 6.04 Å². The summed E-state index contributed by atoms with van der Waals surface area (Å²) >= 11 is 0. The van der Waals surface area contributed by atoms with Gasteiger partial charge < -0.3 is 4.74 Å². The predicted molar refractivity (Wildman–Crippen MR) is 85.3 cm³/mol. The normalized spacial score (nSPS) is 18.9. The molecule has 1 aromatic carbocycles. The molecule has 0 N–H and O–H groups in total. The fourth-order valence-corrected chi connectivity index (χ4v) is 2.72. The highest BCUT2D eigenvalue weighted by atomic mass is 16.6. The second-order valence-electron chi connectivity index (χ2n) is 5.63. The van der Waals surface area contributed by atoms with Crippen LogP contribution in [0.4, 0.5) is 4.79 Å². The van der Waals surface area contributed by atoms with E-state index >= 15 is 0 Å². The molecule has 0 aromatic heterocycles. The van der Waals surface area contributed by atoms with Gasteiger partial charge in [-0.25, -0.2) is 9.69 Å². The summed E-state index contributed by atoms with van der Waals surface area (Å²) in [6, 6.07) is 9.64. The number of cyclic esters (lactones) is 1. The van der Waals surface area contributed by atoms with Gasteiger partial charge in [0.1, 0.15) is 6.61 Å². The molecule has 0 unspecified atom stereocenters. The van der Waals surface area contributed by atoms with Gasteiger partial charge in [-0.3, -0.25) is 4.79 Å². The van der Waals surface area contributed by atoms with Crippen LogP contribution in [0.1, 0.15) is 31.7 Å². The minimum atomic E-state index is -0.516. The average molecular weight is 301 g/mol. The van der Waals surface area contributed by atoms with Crippen LogP contribution in [0.5, 0.6) is 0 Å². The molecule has 2 amide bonds. The van der Waals surface area contributed by atoms with E-state index in [-0.39, 0.29) is 18.6 Å². The van der Waals surface area contributed by atoms with Crippen molar-refractivity contribution in [2.75, 3.05) is 6.61 Å². The molecule has 22 heavy (non-hydrogen) atoms. The van der Waals surface area contributed by atoms with Crippen molar-refractivity contribution in [1.82, 2.24) is 4.90 Å². The Bertz CT molecular complexity index is 526. The fourth-order valence-electron chi connectivity index (χ4n) is 2.72. The zero-order valence-corrected chi connectivity index (χ0v) is 13.0. The van der Waals surface area contributed by atoms with E-state index in [9.17, 15) is 9.59 Å². The maximum Gasteiger partial charge on any atom is 0.416 e. The zero-order chi connectivity index (χ0) is 15.9. The standard InChI is InChI=1S/C18H23NO3/c1-3-14(4-2)10-11-17(20)19-16(13-22-18(19)21)12-15-8-6-5-7-9-15/h3,5-9,14,16H,1,4,10-13H2,2H3/t14-,16+/m1/s1. The number of benzene rings is 1. The lowest BCUT2D eigenvalue weighted by Gasteiger charge is -2.20. The van der Waals surface area contributed by atoms with Gasteiger partial charge in [0.2, 0.25) is 5.91 Å². The molecule has 1 heterocycles. The third kappa shape index (κ3) is 3.97. The van der Waals surface area contributed by atoms with E-state index in [1.54, 1.807) is 0 Å². The number of allylic oxidation sites excluding steroid dienone is 1. The molecule has 0 spiro atoms. The van der Waals surface area contributed by atoms with E-state index in [1.165, 1.54) is 4.90 Å². The van der Waals surface area contributed by atoms with E-state index in [0.717, 1.165) is 18.4 Å². The van der Waals surface area contributed by atoms with Gasteiger partial charge in [0, 0.05) is 6.42 Å². The molecule has 0 aliphatic carbocycles. The minimum Gasteiger partial charge on any atom is -0.447 e. The summed E-state index contributed by atoms with van der Waals surface area (Å²) in [6.45, 7) is 6.12. The summed E-state index contributed by atoms with van der Waals surface area (Å²) in [6.07, 6.45) is 4.02. The first-order valence-corrected chi connectivity index (χ1v) is 7.81. The Labute approximate surface area is 131 Å². The van der Waals surface area contributed by atoms with Gasteiger partial charge in [-0.2, -0.15) is 0 Å². The van der Waals surface area contributed by atoms with Gasteiger partial charge in [-0.1, -0.05) is 43.3 Å². The molecule has 4 heteroatoms. The predicted octanol–water partition coefficient (Wildman–Crippen LogP) is 3.57. The molecule has 1 aromatic rings. The highest BCUT2D eigenvalue weighted by Gasteiger charge is 2.37. The van der Waals surface area contributed by atoms with Crippen LogP contribution in [0, 0.1) is 5.92 Å². The summed E-state index contributed by atoms with van der Waals surface area (Å²) in [5.41, 5.74) is 1.10. The average Bonchev–Trinajstić information content (AvgIpc) is 2.90. The molecule has 0 radical (unpaired) electrons. The molecule has 1 aliphatic rings. The van der Waals surface area contributed by atoms with E-state index in [0.29, 0.717) is 18.8 Å². The molecule has 2 atom stereocenters. The quantitative estimate of drug-likeness (QED) is 0.723. The Balaban J connectivity index is 1.98. The van der Waals surface area contributed by atoms with Crippen LogP contribution >= 0.6 is 0 Å². The summed E-state index contributed by atoms with van der Waals surface area (Å²) in [5.74, 6) is 0.166. The first-order chi connectivity index (χ1) is 10.7. The summed E-state index contributed by atoms with van der Waals surface area (Å²) in [4.78, 5) is 25.5. The van der Waals surface area contributed by atoms with Crippen LogP contribution in [0.3, 0.4) is 0 Å². The van der Waals surface area contributed by atoms with E-state index < -0.39 is 6.09 Å². The van der Waals surface area contributed by atoms with Crippen LogP contribution in [-0.2, 0) is 16.0 Å². The molecule has 1 fully saturated rings. The first-order valence-electron chi connectivity index (χ1n) is 7.81. The second-order valence-corrected chi connectivity index (χ2v) is 5.63. The molecule has 1 aliphatic heterocycles. The second kappa shape index (κ2) is 7.78. The number of imide groups is 1. The van der Waals surface area contributed by atoms with Crippen molar-refractivity contribution in [3.63, 3.8) is 0 Å². The molecular formula is C18H23NO3. The monoisotopic (exact) mass is 301 g/mol. The minimum absolute atomic E-state index is 0.149. The van der Waals surface area contributed by atoms with Crippen molar-refractivity contribution in [2.24, 2.45) is 5.92 Å². The van der Waals surface area contributed by atoms with Gasteiger partial charge >= 0.3 is 6.09 Å². The van der Waals surface area contributed by atoms with Crippen molar-refractivity contribution in [1.29, 1.82) is 0 Å². The number of hydrogen-bond acceptors (Lipinski definition) is 3. The third-order valence-electron chi connectivity index (χ3n) is 4.13. The maximum absolute atomic E-state index is 12.4. The Hall–Kier alpha value is -2.10. The molecule has 2 rings (SSSR count). The maximum atomic E-state index is 12.4. The highest BCUT2D eigenvalue weighted by Crippen LogP contribution is 2.20. The Morgan fingerprint density at radius 3 is 2.82 bits per heavy atom. The topological polar surface area (TPSA) is 46.6 Å². The zero-order valence-electron chi connectivity index (χ0n) is 13.0. The first kappa shape index (κ1) is 16.3. The highest BCUT2D eigenvalue weighted by molar-refractivity contribution is 5.93. The number of carbonyl (C=O) groups excluding carboxylic acids is 2.